The first-order valence-electron chi connectivity index (χ1n) is 4.32. The fraction of sp³-hybridized carbons (Fsp3) is 0.273. The molecule has 0 bridgehead atoms. The van der Waals surface area contributed by atoms with Gasteiger partial charge in [-0.2, -0.15) is 0 Å². The van der Waals surface area contributed by atoms with Crippen molar-refractivity contribution in [3.05, 3.63) is 34.5 Å². The van der Waals surface area contributed by atoms with Gasteiger partial charge in [0.05, 0.1) is 0 Å². The minimum Gasteiger partial charge on any atom is -0.335 e. The maximum Gasteiger partial charge on any atom is 0.112 e. The van der Waals surface area contributed by atoms with Crippen LogP contribution in [0.5, 0.6) is 0 Å². The standard InChI is InChI=1S/C11H12ClN/c1-7-4-5-9-8(2)11(12)13(3)10(9)6-7/h4-6H,1-3H3. The van der Waals surface area contributed by atoms with E-state index in [1.54, 1.807) is 0 Å². The number of nitrogens with zero attached hydrogens (tertiary/aromatic N) is 1. The molecule has 0 saturated carbocycles. The van der Waals surface area contributed by atoms with Crippen molar-refractivity contribution in [2.45, 2.75) is 13.8 Å². The number of aromatic nitrogens is 1. The summed E-state index contributed by atoms with van der Waals surface area (Å²) in [6.07, 6.45) is 0. The van der Waals surface area contributed by atoms with Crippen molar-refractivity contribution < 1.29 is 0 Å². The van der Waals surface area contributed by atoms with Gasteiger partial charge in [0.2, 0.25) is 0 Å². The molecule has 1 aromatic carbocycles. The van der Waals surface area contributed by atoms with Crippen LogP contribution in [-0.2, 0) is 7.05 Å². The van der Waals surface area contributed by atoms with Crippen LogP contribution in [0.1, 0.15) is 11.1 Å². The highest BCUT2D eigenvalue weighted by molar-refractivity contribution is 6.32. The van der Waals surface area contributed by atoms with Gasteiger partial charge < -0.3 is 4.57 Å². The topological polar surface area (TPSA) is 4.93 Å². The molecule has 68 valence electrons. The number of aryl methyl sites for hydroxylation is 3. The van der Waals surface area contributed by atoms with Crippen molar-refractivity contribution in [1.29, 1.82) is 0 Å². The summed E-state index contributed by atoms with van der Waals surface area (Å²) in [5.74, 6) is 0. The van der Waals surface area contributed by atoms with Crippen LogP contribution in [0.3, 0.4) is 0 Å². The molecule has 0 amide bonds. The molecule has 0 spiro atoms. The van der Waals surface area contributed by atoms with Gasteiger partial charge in [0.1, 0.15) is 5.15 Å². The molecule has 1 nitrogen and oxygen atoms in total. The molecule has 0 unspecified atom stereocenters. The zero-order chi connectivity index (χ0) is 9.59. The van der Waals surface area contributed by atoms with Crippen LogP contribution in [0.4, 0.5) is 0 Å². The zero-order valence-corrected chi connectivity index (χ0v) is 8.81. The molecule has 0 aliphatic carbocycles. The Hall–Kier alpha value is -0.950. The number of fused-ring (bicyclic) bond motifs is 1. The van der Waals surface area contributed by atoms with Crippen LogP contribution in [0.25, 0.3) is 10.9 Å². The third-order valence-corrected chi connectivity index (χ3v) is 3.06. The second-order valence-corrected chi connectivity index (χ2v) is 3.85. The Labute approximate surface area is 82.9 Å². The molecule has 0 N–H and O–H groups in total. The van der Waals surface area contributed by atoms with Gasteiger partial charge in [-0.3, -0.25) is 0 Å². The normalized spacial score (nSPS) is 11.1. The number of halogens is 1. The van der Waals surface area contributed by atoms with Gasteiger partial charge in [0, 0.05) is 18.0 Å². The third-order valence-electron chi connectivity index (χ3n) is 2.52. The maximum atomic E-state index is 6.14. The van der Waals surface area contributed by atoms with E-state index in [1.165, 1.54) is 22.0 Å². The van der Waals surface area contributed by atoms with Gasteiger partial charge in [0.15, 0.2) is 0 Å². The van der Waals surface area contributed by atoms with Gasteiger partial charge in [-0.25, -0.2) is 0 Å². The molecule has 0 radical (unpaired) electrons. The predicted octanol–water partition coefficient (Wildman–Crippen LogP) is 3.45. The Morgan fingerprint density at radius 1 is 1.23 bits per heavy atom. The second-order valence-electron chi connectivity index (χ2n) is 3.50. The first kappa shape index (κ1) is 8.64. The number of hydrogen-bond acceptors (Lipinski definition) is 0. The lowest BCUT2D eigenvalue weighted by molar-refractivity contribution is 0.964. The summed E-state index contributed by atoms with van der Waals surface area (Å²) < 4.78 is 2.03. The molecule has 2 heteroatoms. The van der Waals surface area contributed by atoms with E-state index in [0.29, 0.717) is 0 Å². The van der Waals surface area contributed by atoms with Crippen molar-refractivity contribution in [1.82, 2.24) is 4.57 Å². The van der Waals surface area contributed by atoms with E-state index in [0.717, 1.165) is 5.15 Å². The molecule has 0 saturated heterocycles. The van der Waals surface area contributed by atoms with E-state index >= 15 is 0 Å². The van der Waals surface area contributed by atoms with Crippen LogP contribution in [0.2, 0.25) is 5.15 Å². The van der Waals surface area contributed by atoms with Crippen LogP contribution >= 0.6 is 11.6 Å². The Bertz CT molecular complexity index is 468. The molecule has 1 heterocycles. The van der Waals surface area contributed by atoms with Crippen molar-refractivity contribution in [3.8, 4) is 0 Å². The summed E-state index contributed by atoms with van der Waals surface area (Å²) in [6.45, 7) is 4.15. The molecular formula is C11H12ClN. The van der Waals surface area contributed by atoms with Gasteiger partial charge >= 0.3 is 0 Å². The highest BCUT2D eigenvalue weighted by Gasteiger charge is 2.08. The molecule has 1 aromatic heterocycles. The summed E-state index contributed by atoms with van der Waals surface area (Å²) >= 11 is 6.14. The minimum atomic E-state index is 0.834. The Morgan fingerprint density at radius 3 is 2.62 bits per heavy atom. The van der Waals surface area contributed by atoms with Gasteiger partial charge in [-0.1, -0.05) is 23.7 Å². The van der Waals surface area contributed by atoms with Gasteiger partial charge in [-0.05, 0) is 31.0 Å². The highest BCUT2D eigenvalue weighted by atomic mass is 35.5. The van der Waals surface area contributed by atoms with Crippen LogP contribution in [0, 0.1) is 13.8 Å². The van der Waals surface area contributed by atoms with Crippen molar-refractivity contribution in [2.75, 3.05) is 0 Å². The molecule has 2 aromatic rings. The Morgan fingerprint density at radius 2 is 1.92 bits per heavy atom. The number of benzene rings is 1. The lowest BCUT2D eigenvalue weighted by Crippen LogP contribution is -1.86. The smallest absolute Gasteiger partial charge is 0.112 e. The molecule has 2 rings (SSSR count). The molecule has 0 aliphatic heterocycles. The summed E-state index contributed by atoms with van der Waals surface area (Å²) in [7, 11) is 2.00. The van der Waals surface area contributed by atoms with E-state index in [2.05, 4.69) is 32.0 Å². The molecule has 0 atom stereocenters. The Balaban J connectivity index is 2.95. The fourth-order valence-electron chi connectivity index (χ4n) is 1.70. The summed E-state index contributed by atoms with van der Waals surface area (Å²) in [6, 6.07) is 6.41. The quantitative estimate of drug-likeness (QED) is 0.604. The summed E-state index contributed by atoms with van der Waals surface area (Å²) in [5, 5.41) is 2.08. The largest absolute Gasteiger partial charge is 0.335 e. The second kappa shape index (κ2) is 2.78. The Kier molecular flexibility index (Phi) is 1.85. The van der Waals surface area contributed by atoms with E-state index in [9.17, 15) is 0 Å². The SMILES string of the molecule is Cc1ccc2c(C)c(Cl)n(C)c2c1. The maximum absolute atomic E-state index is 6.14. The van der Waals surface area contributed by atoms with Crippen molar-refractivity contribution in [3.63, 3.8) is 0 Å². The molecule has 13 heavy (non-hydrogen) atoms. The fourth-order valence-corrected chi connectivity index (χ4v) is 1.90. The highest BCUT2D eigenvalue weighted by Crippen LogP contribution is 2.28. The van der Waals surface area contributed by atoms with Crippen molar-refractivity contribution >= 4 is 22.5 Å². The van der Waals surface area contributed by atoms with E-state index in [4.69, 9.17) is 11.6 Å². The first-order chi connectivity index (χ1) is 6.11. The average Bonchev–Trinajstić information content (AvgIpc) is 2.32. The van der Waals surface area contributed by atoms with E-state index < -0.39 is 0 Å². The van der Waals surface area contributed by atoms with Gasteiger partial charge in [0.25, 0.3) is 0 Å². The average molecular weight is 194 g/mol. The van der Waals surface area contributed by atoms with Gasteiger partial charge in [-0.15, -0.1) is 0 Å². The lowest BCUT2D eigenvalue weighted by Gasteiger charge is -1.97. The van der Waals surface area contributed by atoms with Crippen molar-refractivity contribution in [2.24, 2.45) is 7.05 Å². The van der Waals surface area contributed by atoms with Crippen LogP contribution < -0.4 is 0 Å². The monoisotopic (exact) mass is 193 g/mol. The lowest BCUT2D eigenvalue weighted by atomic mass is 10.1. The molecule has 0 aliphatic rings. The van der Waals surface area contributed by atoms with Crippen LogP contribution in [-0.4, -0.2) is 4.57 Å². The third kappa shape index (κ3) is 1.15. The predicted molar refractivity (Wildman–Crippen MR) is 57.4 cm³/mol. The summed E-state index contributed by atoms with van der Waals surface area (Å²) in [4.78, 5) is 0. The molecule has 0 fully saturated rings. The minimum absolute atomic E-state index is 0.834. The number of hydrogen-bond donors (Lipinski definition) is 0. The number of rotatable bonds is 0. The first-order valence-corrected chi connectivity index (χ1v) is 4.70. The summed E-state index contributed by atoms with van der Waals surface area (Å²) in [5.41, 5.74) is 3.64. The van der Waals surface area contributed by atoms with E-state index in [-0.39, 0.29) is 0 Å². The van der Waals surface area contributed by atoms with E-state index in [1.807, 2.05) is 11.6 Å². The zero-order valence-electron chi connectivity index (χ0n) is 8.06. The molecular weight excluding hydrogens is 182 g/mol. The van der Waals surface area contributed by atoms with Crippen LogP contribution in [0.15, 0.2) is 18.2 Å².